The number of anilines is 2. The quantitative estimate of drug-likeness (QED) is 0.811. The van der Waals surface area contributed by atoms with E-state index >= 15 is 0 Å². The molecule has 1 aromatic heterocycles. The van der Waals surface area contributed by atoms with Gasteiger partial charge in [0.25, 0.3) is 5.91 Å². The third kappa shape index (κ3) is 1.93. The molecule has 0 unspecified atom stereocenters. The molecule has 1 aliphatic rings. The van der Waals surface area contributed by atoms with Crippen molar-refractivity contribution in [3.05, 3.63) is 29.0 Å². The Bertz CT molecular complexity index is 693. The van der Waals surface area contributed by atoms with E-state index in [9.17, 15) is 4.79 Å². The average molecular weight is 275 g/mol. The Labute approximate surface area is 114 Å². The van der Waals surface area contributed by atoms with E-state index in [4.69, 9.17) is 19.7 Å². The number of carbonyl (C=O) groups is 1. The number of rotatable bonds is 2. The Hall–Kier alpha value is -2.70. The highest BCUT2D eigenvalue weighted by Gasteiger charge is 2.21. The molecule has 2 aromatic rings. The van der Waals surface area contributed by atoms with Crippen LogP contribution in [0.2, 0.25) is 0 Å². The van der Waals surface area contributed by atoms with Crippen molar-refractivity contribution in [1.82, 2.24) is 5.16 Å². The number of benzene rings is 1. The molecule has 2 heterocycles. The monoisotopic (exact) mass is 275 g/mol. The van der Waals surface area contributed by atoms with Gasteiger partial charge in [0.05, 0.1) is 11.3 Å². The number of amides is 1. The summed E-state index contributed by atoms with van der Waals surface area (Å²) in [6.07, 6.45) is 0. The Morgan fingerprint density at radius 3 is 2.65 bits per heavy atom. The van der Waals surface area contributed by atoms with Gasteiger partial charge in [0.1, 0.15) is 0 Å². The van der Waals surface area contributed by atoms with E-state index in [2.05, 4.69) is 10.5 Å². The second-order valence-electron chi connectivity index (χ2n) is 4.47. The van der Waals surface area contributed by atoms with Crippen molar-refractivity contribution >= 4 is 17.5 Å². The summed E-state index contributed by atoms with van der Waals surface area (Å²) >= 11 is 0. The standard InChI is InChI=1S/C13H13N3O4/c1-6-7(2)16-20-13(6)15-12(17)8-3-10-11(4-9(8)14)19-5-18-10/h3-4H,5,14H2,1-2H3,(H,15,17). The third-order valence-corrected chi connectivity index (χ3v) is 3.17. The van der Waals surface area contributed by atoms with Crippen molar-refractivity contribution < 1.29 is 18.8 Å². The van der Waals surface area contributed by atoms with E-state index < -0.39 is 0 Å². The maximum absolute atomic E-state index is 12.2. The zero-order valence-corrected chi connectivity index (χ0v) is 11.0. The number of hydrogen-bond donors (Lipinski definition) is 2. The molecule has 1 aliphatic heterocycles. The predicted octanol–water partition coefficient (Wildman–Crippen LogP) is 1.85. The lowest BCUT2D eigenvalue weighted by atomic mass is 10.1. The molecule has 3 N–H and O–H groups in total. The molecule has 0 atom stereocenters. The van der Waals surface area contributed by atoms with Crippen molar-refractivity contribution in [3.8, 4) is 11.5 Å². The van der Waals surface area contributed by atoms with Crippen LogP contribution < -0.4 is 20.5 Å². The lowest BCUT2D eigenvalue weighted by molar-refractivity contribution is 0.102. The lowest BCUT2D eigenvalue weighted by Crippen LogP contribution is -2.14. The summed E-state index contributed by atoms with van der Waals surface area (Å²) in [5.41, 5.74) is 7.95. The minimum Gasteiger partial charge on any atom is -0.454 e. The molecular formula is C13H13N3O4. The van der Waals surface area contributed by atoms with Crippen LogP contribution in [0.25, 0.3) is 0 Å². The minimum absolute atomic E-state index is 0.125. The first-order valence-electron chi connectivity index (χ1n) is 5.99. The topological polar surface area (TPSA) is 99.6 Å². The number of ether oxygens (including phenoxy) is 2. The van der Waals surface area contributed by atoms with E-state index in [-0.39, 0.29) is 12.7 Å². The molecule has 0 saturated carbocycles. The van der Waals surface area contributed by atoms with Crippen molar-refractivity contribution in [1.29, 1.82) is 0 Å². The van der Waals surface area contributed by atoms with Crippen LogP contribution in [0.4, 0.5) is 11.6 Å². The number of nitrogens with two attached hydrogens (primary N) is 1. The largest absolute Gasteiger partial charge is 0.454 e. The van der Waals surface area contributed by atoms with Gasteiger partial charge in [0, 0.05) is 17.3 Å². The lowest BCUT2D eigenvalue weighted by Gasteiger charge is -2.07. The van der Waals surface area contributed by atoms with Gasteiger partial charge in [-0.1, -0.05) is 5.16 Å². The number of nitrogens with one attached hydrogen (secondary N) is 1. The maximum atomic E-state index is 12.2. The molecule has 1 amide bonds. The highest BCUT2D eigenvalue weighted by atomic mass is 16.7. The summed E-state index contributed by atoms with van der Waals surface area (Å²) in [4.78, 5) is 12.2. The Morgan fingerprint density at radius 1 is 1.30 bits per heavy atom. The molecule has 0 bridgehead atoms. The van der Waals surface area contributed by atoms with Crippen LogP contribution >= 0.6 is 0 Å². The summed E-state index contributed by atoms with van der Waals surface area (Å²) < 4.78 is 15.5. The van der Waals surface area contributed by atoms with Gasteiger partial charge in [-0.05, 0) is 19.9 Å². The van der Waals surface area contributed by atoms with Crippen LogP contribution in [0, 0.1) is 13.8 Å². The highest BCUT2D eigenvalue weighted by molar-refractivity contribution is 6.08. The molecule has 3 rings (SSSR count). The first kappa shape index (κ1) is 12.3. The molecular weight excluding hydrogens is 262 g/mol. The number of aromatic nitrogens is 1. The average Bonchev–Trinajstić information content (AvgIpc) is 2.98. The Balaban J connectivity index is 1.89. The second-order valence-corrected chi connectivity index (χ2v) is 4.47. The third-order valence-electron chi connectivity index (χ3n) is 3.17. The normalized spacial score (nSPS) is 12.5. The fraction of sp³-hybridized carbons (Fsp3) is 0.231. The zero-order chi connectivity index (χ0) is 14.3. The van der Waals surface area contributed by atoms with E-state index in [1.165, 1.54) is 0 Å². The SMILES string of the molecule is Cc1noc(NC(=O)c2cc3c(cc2N)OCO3)c1C. The molecule has 0 fully saturated rings. The highest BCUT2D eigenvalue weighted by Crippen LogP contribution is 2.36. The molecule has 0 saturated heterocycles. The van der Waals surface area contributed by atoms with Gasteiger partial charge in [0.15, 0.2) is 11.5 Å². The molecule has 7 nitrogen and oxygen atoms in total. The van der Waals surface area contributed by atoms with Crippen LogP contribution in [0.15, 0.2) is 16.7 Å². The van der Waals surface area contributed by atoms with E-state index in [1.807, 2.05) is 6.92 Å². The second kappa shape index (κ2) is 4.44. The maximum Gasteiger partial charge on any atom is 0.260 e. The molecule has 104 valence electrons. The van der Waals surface area contributed by atoms with Crippen molar-refractivity contribution in [3.63, 3.8) is 0 Å². The summed E-state index contributed by atoms with van der Waals surface area (Å²) in [5.74, 6) is 0.949. The first-order valence-corrected chi connectivity index (χ1v) is 5.99. The zero-order valence-electron chi connectivity index (χ0n) is 11.0. The van der Waals surface area contributed by atoms with Gasteiger partial charge < -0.3 is 19.7 Å². The van der Waals surface area contributed by atoms with Crippen molar-refractivity contribution in [2.75, 3.05) is 17.8 Å². The predicted molar refractivity (Wildman–Crippen MR) is 70.9 cm³/mol. The molecule has 0 radical (unpaired) electrons. The van der Waals surface area contributed by atoms with E-state index in [0.717, 1.165) is 11.3 Å². The number of nitrogen functional groups attached to an aromatic ring is 1. The minimum atomic E-state index is -0.389. The molecule has 0 spiro atoms. The van der Waals surface area contributed by atoms with Crippen LogP contribution in [0.1, 0.15) is 21.6 Å². The van der Waals surface area contributed by atoms with Crippen LogP contribution in [-0.2, 0) is 0 Å². The number of aryl methyl sites for hydroxylation is 1. The van der Waals surface area contributed by atoms with E-state index in [1.54, 1.807) is 19.1 Å². The summed E-state index contributed by atoms with van der Waals surface area (Å²) in [6, 6.07) is 3.11. The molecule has 1 aromatic carbocycles. The fourth-order valence-corrected chi connectivity index (χ4v) is 1.86. The van der Waals surface area contributed by atoms with Crippen molar-refractivity contribution in [2.45, 2.75) is 13.8 Å². The number of fused-ring (bicyclic) bond motifs is 1. The Morgan fingerprint density at radius 2 is 2.00 bits per heavy atom. The van der Waals surface area contributed by atoms with Gasteiger partial charge in [0.2, 0.25) is 12.7 Å². The smallest absolute Gasteiger partial charge is 0.260 e. The van der Waals surface area contributed by atoms with Gasteiger partial charge >= 0.3 is 0 Å². The van der Waals surface area contributed by atoms with Gasteiger partial charge in [-0.2, -0.15) is 0 Å². The van der Waals surface area contributed by atoms with Crippen LogP contribution in [-0.4, -0.2) is 17.9 Å². The van der Waals surface area contributed by atoms with Gasteiger partial charge in [-0.15, -0.1) is 0 Å². The van der Waals surface area contributed by atoms with Gasteiger partial charge in [-0.25, -0.2) is 0 Å². The Kier molecular flexibility index (Phi) is 2.74. The molecule has 0 aliphatic carbocycles. The van der Waals surface area contributed by atoms with Gasteiger partial charge in [-0.3, -0.25) is 10.1 Å². The molecule has 20 heavy (non-hydrogen) atoms. The van der Waals surface area contributed by atoms with Crippen LogP contribution in [0.5, 0.6) is 11.5 Å². The summed E-state index contributed by atoms with van der Waals surface area (Å²) in [6.45, 7) is 3.73. The number of carbonyl (C=O) groups excluding carboxylic acids is 1. The number of hydrogen-bond acceptors (Lipinski definition) is 6. The fourth-order valence-electron chi connectivity index (χ4n) is 1.86. The first-order chi connectivity index (χ1) is 9.56. The van der Waals surface area contributed by atoms with E-state index in [0.29, 0.717) is 28.6 Å². The summed E-state index contributed by atoms with van der Waals surface area (Å²) in [5, 5.41) is 6.41. The van der Waals surface area contributed by atoms with Crippen LogP contribution in [0.3, 0.4) is 0 Å². The molecule has 7 heteroatoms. The van der Waals surface area contributed by atoms with Crippen molar-refractivity contribution in [2.24, 2.45) is 0 Å². The number of nitrogens with zero attached hydrogens (tertiary/aromatic N) is 1. The summed E-state index contributed by atoms with van der Waals surface area (Å²) in [7, 11) is 0.